The van der Waals surface area contributed by atoms with Gasteiger partial charge in [-0.1, -0.05) is 0 Å². The predicted molar refractivity (Wildman–Crippen MR) is 2.50 cm³/mol. The van der Waals surface area contributed by atoms with E-state index < -0.39 is 0 Å². The molecule has 0 unspecified atom stereocenters. The van der Waals surface area contributed by atoms with E-state index in [0.717, 1.165) is 0 Å². The molecule has 0 aliphatic carbocycles. The molecule has 0 fully saturated rings. The monoisotopic (exact) mass is 177 g/mol. The van der Waals surface area contributed by atoms with Crippen molar-refractivity contribution in [3.63, 3.8) is 0 Å². The third-order valence-corrected chi connectivity index (χ3v) is 0. The van der Waals surface area contributed by atoms with Gasteiger partial charge in [0.25, 0.3) is 0 Å². The average Bonchev–Trinajstić information content (AvgIpc) is 0. The molecule has 0 nitrogen and oxygen atoms in total. The quantitative estimate of drug-likeness (QED) is 0.346. The summed E-state index contributed by atoms with van der Waals surface area (Å²) >= 11 is 0. The second-order valence-corrected chi connectivity index (χ2v) is 0. The van der Waals surface area contributed by atoms with Crippen LogP contribution >= 0.6 is 0 Å². The number of rotatable bonds is 0. The van der Waals surface area contributed by atoms with Crippen molar-refractivity contribution >= 4 is 0 Å². The summed E-state index contributed by atoms with van der Waals surface area (Å²) in [4.78, 5) is 0. The Hall–Kier alpha value is 1.33. The van der Waals surface area contributed by atoms with E-state index in [2.05, 4.69) is 0 Å². The van der Waals surface area contributed by atoms with Gasteiger partial charge in [-0.05, 0) is 0 Å². The number of halogens is 4. The van der Waals surface area contributed by atoms with Gasteiger partial charge in [0.1, 0.15) is 0 Å². The van der Waals surface area contributed by atoms with Gasteiger partial charge in [0, 0.05) is 0 Å². The first-order valence-corrected chi connectivity index (χ1v) is 0. The number of hydrogen-bond donors (Lipinski definition) is 0. The van der Waals surface area contributed by atoms with Crippen molar-refractivity contribution in [1.82, 2.24) is 0 Å². The van der Waals surface area contributed by atoms with E-state index in [-0.39, 0.29) is 59.3 Å². The Morgan fingerprint density at radius 3 is 0.600 bits per heavy atom. The van der Waals surface area contributed by atoms with Crippen molar-refractivity contribution in [2.45, 2.75) is 0 Å². The summed E-state index contributed by atoms with van der Waals surface area (Å²) in [5.41, 5.74) is 0. The molecule has 0 aliphatic heterocycles. The van der Waals surface area contributed by atoms with Crippen LogP contribution in [-0.2, 0) is 17.4 Å². The summed E-state index contributed by atoms with van der Waals surface area (Å²) in [6.07, 6.45) is 0. The van der Waals surface area contributed by atoms with Gasteiger partial charge in [0.15, 0.2) is 0 Å². The van der Waals surface area contributed by atoms with Gasteiger partial charge in [-0.2, -0.15) is 0 Å². The largest absolute Gasteiger partial charge is 3.00 e. The van der Waals surface area contributed by atoms with E-state index in [1.54, 1.807) is 0 Å². The molecule has 5 heavy (non-hydrogen) atoms. The summed E-state index contributed by atoms with van der Waals surface area (Å²) in [6, 6.07) is 0. The predicted octanol–water partition coefficient (Wildman–Crippen LogP) is -8.84. The van der Waals surface area contributed by atoms with Crippen LogP contribution in [0, 0.1) is 0 Å². The van der Waals surface area contributed by atoms with Crippen LogP contribution in [-0.4, -0.2) is 0 Å². The Kier molecular flexibility index (Phi) is 1140. The first kappa shape index (κ1) is 101. The molecule has 0 atom stereocenters. The summed E-state index contributed by atoms with van der Waals surface area (Å²) in [7, 11) is 0. The molecule has 0 heterocycles. The molecule has 0 saturated carbocycles. The molecule has 0 amide bonds. The Morgan fingerprint density at radius 1 is 0.600 bits per heavy atom. The SMILES string of the molecule is F.[Cl-].[Cl-].[Cl-].[Cr+3]. The fourth-order valence-corrected chi connectivity index (χ4v) is 0. The maximum Gasteiger partial charge on any atom is 3.00 e. The zero-order valence-electron chi connectivity index (χ0n) is 1.95. The molecule has 0 N–H and O–H groups in total. The van der Waals surface area contributed by atoms with Crippen LogP contribution in [0.15, 0.2) is 0 Å². The normalized spacial score (nSPS) is 0. The van der Waals surface area contributed by atoms with Crippen molar-refractivity contribution in [2.24, 2.45) is 0 Å². The minimum absolute atomic E-state index is 0. The second-order valence-electron chi connectivity index (χ2n) is 0. The van der Waals surface area contributed by atoms with Crippen molar-refractivity contribution in [1.29, 1.82) is 0 Å². The van der Waals surface area contributed by atoms with Crippen LogP contribution in [0.2, 0.25) is 0 Å². The smallest absolute Gasteiger partial charge is 1.00 e. The van der Waals surface area contributed by atoms with Crippen LogP contribution in [0.3, 0.4) is 0 Å². The third kappa shape index (κ3) is 33.4. The Bertz CT molecular complexity index is 6.85. The van der Waals surface area contributed by atoms with Crippen molar-refractivity contribution in [3.05, 3.63) is 0 Å². The molecule has 0 bridgehead atoms. The molecular formula is HCl3CrF. The maximum absolute atomic E-state index is 0. The Balaban J connectivity index is 0. The van der Waals surface area contributed by atoms with Gasteiger partial charge >= 0.3 is 17.4 Å². The fraction of sp³-hybridized carbons (Fsp3) is 0. The molecule has 0 spiro atoms. The second kappa shape index (κ2) is 56.4. The molecular weight excluding hydrogens is 177 g/mol. The van der Waals surface area contributed by atoms with Gasteiger partial charge in [-0.15, -0.1) is 0 Å². The molecule has 0 aliphatic rings. The molecule has 35 valence electrons. The Labute approximate surface area is 59.4 Å². The summed E-state index contributed by atoms with van der Waals surface area (Å²) < 4.78 is 0. The molecule has 5 heteroatoms. The van der Waals surface area contributed by atoms with Crippen molar-refractivity contribution < 1.29 is 59.3 Å². The summed E-state index contributed by atoms with van der Waals surface area (Å²) in [5, 5.41) is 0. The average molecular weight is 178 g/mol. The van der Waals surface area contributed by atoms with E-state index in [1.165, 1.54) is 0 Å². The zero-order valence-corrected chi connectivity index (χ0v) is 5.49. The van der Waals surface area contributed by atoms with E-state index in [0.29, 0.717) is 0 Å². The van der Waals surface area contributed by atoms with Crippen LogP contribution in [0.5, 0.6) is 0 Å². The molecule has 1 radical (unpaired) electrons. The zero-order chi connectivity index (χ0) is 0. The minimum Gasteiger partial charge on any atom is -1.00 e. The van der Waals surface area contributed by atoms with Gasteiger partial charge in [0.05, 0.1) is 0 Å². The standard InChI is InChI=1S/3ClH.Cr.FH/h3*1H;;1H/q;;;+3;/p-3. The molecule has 0 aromatic rings. The van der Waals surface area contributed by atoms with Crippen LogP contribution < -0.4 is 37.2 Å². The van der Waals surface area contributed by atoms with E-state index in [9.17, 15) is 0 Å². The van der Waals surface area contributed by atoms with E-state index >= 15 is 0 Å². The van der Waals surface area contributed by atoms with Crippen LogP contribution in [0.25, 0.3) is 0 Å². The molecule has 0 saturated heterocycles. The maximum atomic E-state index is 0. The first-order chi connectivity index (χ1) is 0. The van der Waals surface area contributed by atoms with Gasteiger partial charge in [-0.3, -0.25) is 4.70 Å². The molecule has 0 aromatic carbocycles. The van der Waals surface area contributed by atoms with Crippen LogP contribution in [0.4, 0.5) is 4.70 Å². The first-order valence-electron chi connectivity index (χ1n) is 0. The summed E-state index contributed by atoms with van der Waals surface area (Å²) in [5.74, 6) is 0. The third-order valence-electron chi connectivity index (χ3n) is 0. The van der Waals surface area contributed by atoms with Crippen molar-refractivity contribution in [3.8, 4) is 0 Å². The van der Waals surface area contributed by atoms with E-state index in [4.69, 9.17) is 0 Å². The van der Waals surface area contributed by atoms with Crippen LogP contribution in [0.1, 0.15) is 0 Å². The van der Waals surface area contributed by atoms with E-state index in [1.807, 2.05) is 0 Å². The van der Waals surface area contributed by atoms with Crippen molar-refractivity contribution in [2.75, 3.05) is 0 Å². The van der Waals surface area contributed by atoms with Gasteiger partial charge in [0.2, 0.25) is 0 Å². The molecule has 0 rings (SSSR count). The molecule has 0 aromatic heterocycles. The Morgan fingerprint density at radius 2 is 0.600 bits per heavy atom. The number of hydrogen-bond acceptors (Lipinski definition) is 0. The van der Waals surface area contributed by atoms with Gasteiger partial charge in [-0.25, -0.2) is 0 Å². The fourth-order valence-electron chi connectivity index (χ4n) is 0. The van der Waals surface area contributed by atoms with Gasteiger partial charge < -0.3 is 37.2 Å². The topological polar surface area (TPSA) is 0 Å². The summed E-state index contributed by atoms with van der Waals surface area (Å²) in [6.45, 7) is 0. The minimum atomic E-state index is 0.